The molecule has 20 heavy (non-hydrogen) atoms. The van der Waals surface area contributed by atoms with Crippen molar-refractivity contribution < 1.29 is 4.79 Å². The van der Waals surface area contributed by atoms with Gasteiger partial charge >= 0.3 is 5.69 Å². The topological polar surface area (TPSA) is 78.4 Å². The van der Waals surface area contributed by atoms with Crippen LogP contribution in [0.2, 0.25) is 0 Å². The van der Waals surface area contributed by atoms with Crippen LogP contribution in [0.15, 0.2) is 22.1 Å². The summed E-state index contributed by atoms with van der Waals surface area (Å²) in [6, 6.07) is 0. The van der Waals surface area contributed by atoms with Crippen molar-refractivity contribution >= 4 is 24.0 Å². The number of rotatable bonds is 4. The van der Waals surface area contributed by atoms with Gasteiger partial charge in [0.1, 0.15) is 5.82 Å². The van der Waals surface area contributed by atoms with E-state index in [1.807, 2.05) is 34.9 Å². The van der Waals surface area contributed by atoms with Crippen LogP contribution in [-0.4, -0.2) is 41.1 Å². The molecule has 0 unspecified atom stereocenters. The van der Waals surface area contributed by atoms with E-state index < -0.39 is 11.1 Å². The molecular weight excluding hydrogens is 256 g/mol. The smallest absolute Gasteiger partial charge is 0.346 e. The fraction of sp³-hybridized carbons (Fsp3) is 0.429. The number of hydrogen-bond donors (Lipinski definition) is 1. The summed E-state index contributed by atoms with van der Waals surface area (Å²) in [5, 5.41) is 0. The highest BCUT2D eigenvalue weighted by atomic mass is 16.1. The molecule has 0 saturated heterocycles. The Balaban J connectivity index is 3.10. The number of aromatic nitrogens is 2. The standard InChI is InChI=1S/C14H20N4O2/c1-14(2,3)11(19)7-6-10-8-15-13(20)17-12(10)16-9-18(4)5/h6-9H,1-5H3,(H,15,17,20). The minimum atomic E-state index is -0.477. The molecule has 1 heterocycles. The molecule has 0 aromatic carbocycles. The average Bonchev–Trinajstić information content (AvgIpc) is 2.33. The molecule has 6 heteroatoms. The van der Waals surface area contributed by atoms with Gasteiger partial charge in [0.05, 0.1) is 6.34 Å². The predicted molar refractivity (Wildman–Crippen MR) is 80.2 cm³/mol. The van der Waals surface area contributed by atoms with E-state index in [2.05, 4.69) is 15.0 Å². The lowest BCUT2D eigenvalue weighted by molar-refractivity contribution is -0.121. The van der Waals surface area contributed by atoms with E-state index in [1.54, 1.807) is 17.3 Å². The number of nitrogens with one attached hydrogen (secondary N) is 1. The minimum Gasteiger partial charge on any atom is -0.369 e. The molecule has 0 amide bonds. The lowest BCUT2D eigenvalue weighted by atomic mass is 9.90. The Bertz CT molecular complexity index is 592. The summed E-state index contributed by atoms with van der Waals surface area (Å²) in [6.45, 7) is 5.53. The van der Waals surface area contributed by atoms with Gasteiger partial charge in [-0.15, -0.1) is 0 Å². The van der Waals surface area contributed by atoms with Crippen LogP contribution in [0.3, 0.4) is 0 Å². The fourth-order valence-corrected chi connectivity index (χ4v) is 1.21. The van der Waals surface area contributed by atoms with E-state index >= 15 is 0 Å². The van der Waals surface area contributed by atoms with Crippen LogP contribution in [-0.2, 0) is 4.79 Å². The van der Waals surface area contributed by atoms with Crippen LogP contribution in [0.1, 0.15) is 26.3 Å². The quantitative estimate of drug-likeness (QED) is 0.515. The lowest BCUT2D eigenvalue weighted by Crippen LogP contribution is -2.17. The maximum atomic E-state index is 11.9. The van der Waals surface area contributed by atoms with Gasteiger partial charge in [-0.05, 0) is 12.2 Å². The second-order valence-electron chi connectivity index (χ2n) is 5.65. The molecule has 1 N–H and O–H groups in total. The van der Waals surface area contributed by atoms with E-state index in [-0.39, 0.29) is 5.78 Å². The van der Waals surface area contributed by atoms with Gasteiger partial charge in [-0.1, -0.05) is 20.8 Å². The van der Waals surface area contributed by atoms with Gasteiger partial charge in [0.15, 0.2) is 5.78 Å². The zero-order chi connectivity index (χ0) is 15.3. The van der Waals surface area contributed by atoms with Gasteiger partial charge in [-0.2, -0.15) is 0 Å². The van der Waals surface area contributed by atoms with Gasteiger partial charge < -0.3 is 4.90 Å². The third-order valence-electron chi connectivity index (χ3n) is 2.39. The van der Waals surface area contributed by atoms with Gasteiger partial charge in [-0.25, -0.2) is 14.8 Å². The molecule has 0 aliphatic heterocycles. The minimum absolute atomic E-state index is 0.00811. The third-order valence-corrected chi connectivity index (χ3v) is 2.39. The number of carbonyl (C=O) groups is 1. The molecule has 6 nitrogen and oxygen atoms in total. The summed E-state index contributed by atoms with van der Waals surface area (Å²) in [4.78, 5) is 35.2. The molecule has 0 radical (unpaired) electrons. The van der Waals surface area contributed by atoms with Crippen molar-refractivity contribution in [2.75, 3.05) is 14.1 Å². The summed E-state index contributed by atoms with van der Waals surface area (Å²) in [5.41, 5.74) is -0.338. The Kier molecular flexibility index (Phi) is 4.96. The van der Waals surface area contributed by atoms with Crippen LogP contribution >= 0.6 is 0 Å². The molecule has 0 spiro atoms. The van der Waals surface area contributed by atoms with E-state index in [0.717, 1.165) is 0 Å². The Morgan fingerprint density at radius 2 is 2.05 bits per heavy atom. The first-order valence-corrected chi connectivity index (χ1v) is 6.22. The molecule has 0 atom stereocenters. The van der Waals surface area contributed by atoms with Crippen LogP contribution in [0.5, 0.6) is 0 Å². The van der Waals surface area contributed by atoms with Gasteiger partial charge in [0, 0.05) is 31.3 Å². The fourth-order valence-electron chi connectivity index (χ4n) is 1.21. The normalized spacial score (nSPS) is 12.2. The molecule has 0 saturated carbocycles. The first-order valence-electron chi connectivity index (χ1n) is 6.22. The largest absolute Gasteiger partial charge is 0.369 e. The summed E-state index contributed by atoms with van der Waals surface area (Å²) < 4.78 is 0. The monoisotopic (exact) mass is 276 g/mol. The first-order chi connectivity index (χ1) is 9.20. The predicted octanol–water partition coefficient (Wildman–Crippen LogP) is 1.62. The average molecular weight is 276 g/mol. The number of H-pyrrole nitrogens is 1. The van der Waals surface area contributed by atoms with Crippen molar-refractivity contribution in [3.8, 4) is 0 Å². The summed E-state index contributed by atoms with van der Waals surface area (Å²) in [6.07, 6.45) is 6.05. The van der Waals surface area contributed by atoms with E-state index in [1.165, 1.54) is 12.3 Å². The van der Waals surface area contributed by atoms with Crippen LogP contribution in [0.25, 0.3) is 6.08 Å². The Labute approximate surface area is 118 Å². The maximum Gasteiger partial charge on any atom is 0.346 e. The van der Waals surface area contributed by atoms with Gasteiger partial charge in [0.2, 0.25) is 0 Å². The molecule has 0 aliphatic carbocycles. The highest BCUT2D eigenvalue weighted by Gasteiger charge is 2.18. The SMILES string of the molecule is CN(C)C=Nc1[nH]c(=O)ncc1C=CC(=O)C(C)(C)C. The van der Waals surface area contributed by atoms with E-state index in [4.69, 9.17) is 0 Å². The van der Waals surface area contributed by atoms with Crippen molar-refractivity contribution in [2.45, 2.75) is 20.8 Å². The van der Waals surface area contributed by atoms with Crippen LogP contribution in [0.4, 0.5) is 5.82 Å². The summed E-state index contributed by atoms with van der Waals surface area (Å²) in [5.74, 6) is 0.364. The number of aromatic amines is 1. The second kappa shape index (κ2) is 6.27. The van der Waals surface area contributed by atoms with Gasteiger partial charge in [0.25, 0.3) is 0 Å². The van der Waals surface area contributed by atoms with Crippen molar-refractivity contribution in [3.05, 3.63) is 28.3 Å². The van der Waals surface area contributed by atoms with Crippen LogP contribution in [0, 0.1) is 5.41 Å². The number of carbonyl (C=O) groups excluding carboxylic acids is 1. The van der Waals surface area contributed by atoms with Gasteiger partial charge in [-0.3, -0.25) is 9.78 Å². The Morgan fingerprint density at radius 1 is 1.40 bits per heavy atom. The third kappa shape index (κ3) is 4.79. The highest BCUT2D eigenvalue weighted by Crippen LogP contribution is 2.18. The second-order valence-corrected chi connectivity index (χ2v) is 5.65. The van der Waals surface area contributed by atoms with Crippen LogP contribution < -0.4 is 5.69 Å². The van der Waals surface area contributed by atoms with Crippen molar-refractivity contribution in [3.63, 3.8) is 0 Å². The number of allylic oxidation sites excluding steroid dienone is 1. The van der Waals surface area contributed by atoms with Crippen molar-refractivity contribution in [1.82, 2.24) is 14.9 Å². The number of aliphatic imine (C=N–C) groups is 1. The molecular formula is C14H20N4O2. The molecule has 108 valence electrons. The number of hydrogen-bond acceptors (Lipinski definition) is 4. The molecule has 0 aliphatic rings. The highest BCUT2D eigenvalue weighted by molar-refractivity contribution is 5.97. The van der Waals surface area contributed by atoms with E-state index in [9.17, 15) is 9.59 Å². The molecule has 1 rings (SSSR count). The molecule has 0 bridgehead atoms. The lowest BCUT2D eigenvalue weighted by Gasteiger charge is -2.12. The van der Waals surface area contributed by atoms with Crippen molar-refractivity contribution in [1.29, 1.82) is 0 Å². The Morgan fingerprint density at radius 3 is 2.60 bits per heavy atom. The number of nitrogens with zero attached hydrogens (tertiary/aromatic N) is 3. The first kappa shape index (κ1) is 15.8. The zero-order valence-corrected chi connectivity index (χ0v) is 12.5. The Hall–Kier alpha value is -2.24. The number of ketones is 1. The molecule has 1 aromatic heterocycles. The molecule has 0 fully saturated rings. The van der Waals surface area contributed by atoms with Crippen molar-refractivity contribution in [2.24, 2.45) is 10.4 Å². The maximum absolute atomic E-state index is 11.9. The molecule has 1 aromatic rings. The summed E-state index contributed by atoms with van der Waals surface area (Å²) >= 11 is 0. The van der Waals surface area contributed by atoms with E-state index in [0.29, 0.717) is 11.4 Å². The zero-order valence-electron chi connectivity index (χ0n) is 12.5. The summed E-state index contributed by atoms with van der Waals surface area (Å²) in [7, 11) is 3.64.